The van der Waals surface area contributed by atoms with Crippen LogP contribution in [0.15, 0.2) is 78.9 Å². The predicted octanol–water partition coefficient (Wildman–Crippen LogP) is 11.6. The second-order valence-electron chi connectivity index (χ2n) is 21.6. The lowest BCUT2D eigenvalue weighted by atomic mass is 9.33. The molecule has 2 fully saturated rings. The summed E-state index contributed by atoms with van der Waals surface area (Å²) in [6, 6.07) is 32.4. The topological polar surface area (TPSA) is 9.72 Å². The van der Waals surface area contributed by atoms with E-state index < -0.39 is 8.07 Å². The van der Waals surface area contributed by atoms with Gasteiger partial charge in [0.25, 0.3) is 6.71 Å². The zero-order valence-electron chi connectivity index (χ0n) is 37.1. The van der Waals surface area contributed by atoms with Gasteiger partial charge in [0.2, 0.25) is 0 Å². The average Bonchev–Trinajstić information content (AvgIpc) is 3.50. The fourth-order valence-corrected chi connectivity index (χ4v) is 15.0. The van der Waals surface area contributed by atoms with Crippen molar-refractivity contribution in [2.75, 3.05) is 14.7 Å². The lowest BCUT2D eigenvalue weighted by Gasteiger charge is -2.53. The van der Waals surface area contributed by atoms with Gasteiger partial charge >= 0.3 is 0 Å². The van der Waals surface area contributed by atoms with E-state index in [2.05, 4.69) is 169 Å². The fraction of sp³-hybridized carbons (Fsp3) is 0.434. The molecule has 0 radical (unpaired) electrons. The van der Waals surface area contributed by atoms with Crippen LogP contribution < -0.4 is 36.3 Å². The van der Waals surface area contributed by atoms with Crippen LogP contribution in [-0.4, -0.2) is 25.9 Å². The van der Waals surface area contributed by atoms with E-state index in [0.717, 1.165) is 0 Å². The van der Waals surface area contributed by atoms with Gasteiger partial charge in [0.05, 0.1) is 19.2 Å². The zero-order valence-corrected chi connectivity index (χ0v) is 38.1. The van der Waals surface area contributed by atoms with Crippen molar-refractivity contribution in [1.29, 1.82) is 0 Å². The quantitative estimate of drug-likeness (QED) is 0.166. The molecule has 0 saturated heterocycles. The summed E-state index contributed by atoms with van der Waals surface area (Å²) < 4.78 is 0. The normalized spacial score (nSPS) is 27.5. The van der Waals surface area contributed by atoms with Gasteiger partial charge in [0, 0.05) is 50.6 Å². The Labute approximate surface area is 350 Å². The summed E-state index contributed by atoms with van der Waals surface area (Å²) in [5.41, 5.74) is 22.9. The molecule has 0 N–H and O–H groups in total. The molecule has 4 atom stereocenters. The molecule has 4 heterocycles. The van der Waals surface area contributed by atoms with E-state index >= 15 is 0 Å². The molecule has 4 unspecified atom stereocenters. The molecule has 5 heteroatoms. The zero-order chi connectivity index (χ0) is 40.5. The number of hydrogen-bond acceptors (Lipinski definition) is 3. The van der Waals surface area contributed by atoms with Crippen molar-refractivity contribution < 1.29 is 0 Å². The van der Waals surface area contributed by atoms with Crippen LogP contribution in [0, 0.1) is 27.7 Å². The minimum atomic E-state index is -1.68. The summed E-state index contributed by atoms with van der Waals surface area (Å²) in [4.78, 5) is 8.50. The van der Waals surface area contributed by atoms with Gasteiger partial charge in [-0.1, -0.05) is 107 Å². The highest BCUT2D eigenvalue weighted by atomic mass is 28.3. The second-order valence-corrected chi connectivity index (χ2v) is 26.6. The van der Waals surface area contributed by atoms with Crippen molar-refractivity contribution in [3.8, 4) is 0 Å². The van der Waals surface area contributed by atoms with E-state index in [-0.39, 0.29) is 28.6 Å². The predicted molar refractivity (Wildman–Crippen MR) is 253 cm³/mol. The molecule has 0 bridgehead atoms. The Morgan fingerprint density at radius 1 is 0.552 bits per heavy atom. The second kappa shape index (κ2) is 11.7. The van der Waals surface area contributed by atoms with E-state index in [1.807, 2.05) is 0 Å². The van der Waals surface area contributed by atoms with E-state index in [1.165, 1.54) is 124 Å². The molecule has 296 valence electrons. The molecule has 11 rings (SSSR count). The molecule has 6 aliphatic rings. The molecule has 0 amide bonds. The van der Waals surface area contributed by atoms with Gasteiger partial charge in [-0.15, -0.1) is 0 Å². The Kier molecular flexibility index (Phi) is 7.46. The number of hydrogen-bond donors (Lipinski definition) is 0. The summed E-state index contributed by atoms with van der Waals surface area (Å²) in [6.45, 7) is 27.6. The molecule has 3 nitrogen and oxygen atoms in total. The molecule has 5 aromatic carbocycles. The maximum atomic E-state index is 2.96. The Morgan fingerprint density at radius 3 is 1.93 bits per heavy atom. The number of rotatable bonds is 3. The number of nitrogens with zero attached hydrogens (tertiary/aromatic N) is 3. The van der Waals surface area contributed by atoms with Gasteiger partial charge in [-0.2, -0.15) is 0 Å². The van der Waals surface area contributed by atoms with E-state index in [9.17, 15) is 0 Å². The Bertz CT molecular complexity index is 2620. The minimum Gasteiger partial charge on any atom is -0.335 e. The van der Waals surface area contributed by atoms with Gasteiger partial charge in [0.15, 0.2) is 0 Å². The monoisotopic (exact) mass is 779 g/mol. The van der Waals surface area contributed by atoms with Crippen LogP contribution in [0.4, 0.5) is 39.8 Å². The summed E-state index contributed by atoms with van der Waals surface area (Å²) in [5.74, 6) is 0. The van der Waals surface area contributed by atoms with E-state index in [1.54, 1.807) is 21.8 Å². The molecule has 4 aliphatic heterocycles. The Hall–Kier alpha value is -4.22. The lowest BCUT2D eigenvalue weighted by Crippen LogP contribution is -2.65. The molecular formula is C53H62BN3Si. The van der Waals surface area contributed by atoms with E-state index in [4.69, 9.17) is 0 Å². The van der Waals surface area contributed by atoms with Crippen molar-refractivity contribution in [3.63, 3.8) is 0 Å². The molecular weight excluding hydrogens is 718 g/mol. The highest BCUT2D eigenvalue weighted by Gasteiger charge is 2.63. The first-order valence-corrected chi connectivity index (χ1v) is 26.1. The van der Waals surface area contributed by atoms with Crippen molar-refractivity contribution in [1.82, 2.24) is 0 Å². The third-order valence-electron chi connectivity index (χ3n) is 17.1. The maximum Gasteiger partial charge on any atom is 0.252 e. The summed E-state index contributed by atoms with van der Waals surface area (Å²) in [5, 5.41) is 1.61. The van der Waals surface area contributed by atoms with Crippen molar-refractivity contribution in [3.05, 3.63) is 112 Å². The largest absolute Gasteiger partial charge is 0.335 e. The first-order valence-electron chi connectivity index (χ1n) is 22.6. The third-order valence-corrected chi connectivity index (χ3v) is 19.1. The molecule has 0 spiro atoms. The number of anilines is 7. The molecule has 58 heavy (non-hydrogen) atoms. The van der Waals surface area contributed by atoms with Gasteiger partial charge < -0.3 is 14.7 Å². The molecule has 5 aromatic rings. The van der Waals surface area contributed by atoms with Gasteiger partial charge in [0.1, 0.15) is 0 Å². The van der Waals surface area contributed by atoms with Crippen LogP contribution >= 0.6 is 0 Å². The van der Waals surface area contributed by atoms with Crippen LogP contribution in [-0.2, 0) is 10.8 Å². The number of benzene rings is 5. The summed E-state index contributed by atoms with van der Waals surface area (Å²) in [6.07, 6.45) is 10.0. The van der Waals surface area contributed by atoms with Gasteiger partial charge in [-0.25, -0.2) is 0 Å². The first kappa shape index (κ1) is 36.8. The van der Waals surface area contributed by atoms with E-state index in [0.29, 0.717) is 0 Å². The Morgan fingerprint density at radius 2 is 1.21 bits per heavy atom. The summed E-state index contributed by atoms with van der Waals surface area (Å²) in [7, 11) is -1.68. The standard InChI is InChI=1S/C53H62BN3Si/c1-33-17-16-18-37(26-33)55-43-27-34(2)19-20-41(43)54-42-32-39(58(9,10)11)31-40-49(42)57(52(7)23-14-12-21-50(40,52)5)46-30-38(29-45(55)48(46)54)56-44-28-35(3)25-36(4)47(44)51(6)22-13-15-24-53(51,56)8/h16-20,25-32H,12-15,21-24H2,1-11H3. The van der Waals surface area contributed by atoms with Gasteiger partial charge in [-0.3, -0.25) is 0 Å². The molecule has 2 saturated carbocycles. The Balaban J connectivity index is 1.29. The molecule has 0 aromatic heterocycles. The SMILES string of the molecule is Cc1cccc(N2c3cc(C)ccc3B3c4cc([Si](C)(C)C)cc5c4N(c4cc(N6c7cc(C)cc(C)c7C7(C)CCCCC67C)cc2c43)C2(C)CCCCC52C)c1. The van der Waals surface area contributed by atoms with Crippen LogP contribution in [0.5, 0.6) is 0 Å². The summed E-state index contributed by atoms with van der Waals surface area (Å²) >= 11 is 0. The number of fused-ring (bicyclic) bond motifs is 10. The highest BCUT2D eigenvalue weighted by molar-refractivity contribution is 7.01. The number of aryl methyl sites for hydroxylation is 4. The van der Waals surface area contributed by atoms with Crippen LogP contribution in [0.2, 0.25) is 19.6 Å². The van der Waals surface area contributed by atoms with Crippen LogP contribution in [0.3, 0.4) is 0 Å². The highest BCUT2D eigenvalue weighted by Crippen LogP contribution is 2.65. The van der Waals surface area contributed by atoms with Crippen LogP contribution in [0.1, 0.15) is 112 Å². The average molecular weight is 780 g/mol. The maximum absolute atomic E-state index is 2.96. The fourth-order valence-electron chi connectivity index (χ4n) is 13.8. The van der Waals surface area contributed by atoms with Gasteiger partial charge in [-0.05, 0) is 153 Å². The smallest absolute Gasteiger partial charge is 0.252 e. The minimum absolute atomic E-state index is 0.0289. The lowest BCUT2D eigenvalue weighted by molar-refractivity contribution is 0.193. The van der Waals surface area contributed by atoms with Crippen LogP contribution in [0.25, 0.3) is 0 Å². The molecule has 2 aliphatic carbocycles. The van der Waals surface area contributed by atoms with Crippen molar-refractivity contribution in [2.24, 2.45) is 0 Å². The third kappa shape index (κ3) is 4.47. The van der Waals surface area contributed by atoms with Crippen molar-refractivity contribution in [2.45, 2.75) is 148 Å². The first-order chi connectivity index (χ1) is 27.5. The van der Waals surface area contributed by atoms with Crippen molar-refractivity contribution >= 4 is 76.2 Å².